The number of aliphatic hydroxyl groups excluding tert-OH is 1. The Morgan fingerprint density at radius 2 is 2.40 bits per heavy atom. The number of furan rings is 1. The van der Waals surface area contributed by atoms with E-state index in [0.717, 1.165) is 0 Å². The van der Waals surface area contributed by atoms with Gasteiger partial charge in [0.2, 0.25) is 5.91 Å². The van der Waals surface area contributed by atoms with Crippen molar-refractivity contribution >= 4 is 5.91 Å². The second kappa shape index (κ2) is 5.53. The van der Waals surface area contributed by atoms with Crippen LogP contribution in [0.15, 0.2) is 22.8 Å². The number of hydrogen-bond acceptors (Lipinski definition) is 4. The van der Waals surface area contributed by atoms with Crippen LogP contribution in [0.4, 0.5) is 0 Å². The van der Waals surface area contributed by atoms with E-state index >= 15 is 0 Å². The normalized spacial score (nSPS) is 14.6. The first-order valence-electron chi connectivity index (χ1n) is 4.81. The zero-order valence-electron chi connectivity index (χ0n) is 8.86. The molecule has 0 saturated carbocycles. The molecule has 1 amide bonds. The molecule has 0 bridgehead atoms. The van der Waals surface area contributed by atoms with Crippen molar-refractivity contribution in [3.63, 3.8) is 0 Å². The van der Waals surface area contributed by atoms with Crippen molar-refractivity contribution in [3.8, 4) is 0 Å². The van der Waals surface area contributed by atoms with Gasteiger partial charge >= 0.3 is 0 Å². The molecule has 0 fully saturated rings. The molecule has 0 radical (unpaired) electrons. The largest absolute Gasteiger partial charge is 0.467 e. The van der Waals surface area contributed by atoms with Gasteiger partial charge in [0.25, 0.3) is 0 Å². The predicted octanol–water partition coefficient (Wildman–Crippen LogP) is 0.0371. The monoisotopic (exact) mass is 212 g/mol. The second-order valence-electron chi connectivity index (χ2n) is 3.28. The van der Waals surface area contributed by atoms with Gasteiger partial charge in [0.05, 0.1) is 12.3 Å². The number of amides is 1. The lowest BCUT2D eigenvalue weighted by Crippen LogP contribution is -2.42. The van der Waals surface area contributed by atoms with Crippen LogP contribution >= 0.6 is 0 Å². The molecule has 1 aromatic heterocycles. The lowest BCUT2D eigenvalue weighted by atomic mass is 10.2. The average molecular weight is 212 g/mol. The fraction of sp³-hybridized carbons (Fsp3) is 0.500. The SMILES string of the molecule is CNC(=O)C(C)NCC(O)c1ccco1. The number of aliphatic hydroxyl groups is 1. The Kier molecular flexibility index (Phi) is 4.33. The fourth-order valence-corrected chi connectivity index (χ4v) is 1.18. The molecule has 2 atom stereocenters. The van der Waals surface area contributed by atoms with E-state index in [1.165, 1.54) is 6.26 Å². The molecule has 5 nitrogen and oxygen atoms in total. The summed E-state index contributed by atoms with van der Waals surface area (Å²) in [5, 5.41) is 15.0. The number of hydrogen-bond donors (Lipinski definition) is 3. The maximum atomic E-state index is 11.1. The van der Waals surface area contributed by atoms with Crippen LogP contribution in [0.5, 0.6) is 0 Å². The lowest BCUT2D eigenvalue weighted by molar-refractivity contribution is -0.122. The number of rotatable bonds is 5. The Labute approximate surface area is 88.5 Å². The lowest BCUT2D eigenvalue weighted by Gasteiger charge is -2.14. The summed E-state index contributed by atoms with van der Waals surface area (Å²) in [7, 11) is 1.57. The molecule has 0 aliphatic heterocycles. The predicted molar refractivity (Wildman–Crippen MR) is 55.2 cm³/mol. The van der Waals surface area contributed by atoms with Crippen LogP contribution in [-0.4, -0.2) is 30.6 Å². The molecule has 1 aromatic rings. The van der Waals surface area contributed by atoms with Gasteiger partial charge in [0.1, 0.15) is 11.9 Å². The Hall–Kier alpha value is -1.33. The molecule has 0 aliphatic carbocycles. The minimum Gasteiger partial charge on any atom is -0.467 e. The van der Waals surface area contributed by atoms with Crippen LogP contribution in [0.2, 0.25) is 0 Å². The third kappa shape index (κ3) is 3.38. The van der Waals surface area contributed by atoms with Crippen LogP contribution < -0.4 is 10.6 Å². The Morgan fingerprint density at radius 1 is 1.67 bits per heavy atom. The van der Waals surface area contributed by atoms with Crippen LogP contribution in [-0.2, 0) is 4.79 Å². The number of carbonyl (C=O) groups is 1. The highest BCUT2D eigenvalue weighted by molar-refractivity contribution is 5.80. The quantitative estimate of drug-likeness (QED) is 0.644. The van der Waals surface area contributed by atoms with Crippen LogP contribution in [0.1, 0.15) is 18.8 Å². The van der Waals surface area contributed by atoms with Gasteiger partial charge in [0.15, 0.2) is 0 Å². The second-order valence-corrected chi connectivity index (χ2v) is 3.28. The molecule has 0 spiro atoms. The topological polar surface area (TPSA) is 74.5 Å². The summed E-state index contributed by atoms with van der Waals surface area (Å²) in [4.78, 5) is 11.1. The third-order valence-electron chi connectivity index (χ3n) is 2.13. The van der Waals surface area contributed by atoms with E-state index in [1.54, 1.807) is 26.1 Å². The van der Waals surface area contributed by atoms with Gasteiger partial charge in [-0.25, -0.2) is 0 Å². The molecule has 5 heteroatoms. The minimum absolute atomic E-state index is 0.110. The Balaban J connectivity index is 2.34. The number of likely N-dealkylation sites (N-methyl/N-ethyl adjacent to an activating group) is 1. The van der Waals surface area contributed by atoms with Crippen molar-refractivity contribution in [3.05, 3.63) is 24.2 Å². The molecule has 15 heavy (non-hydrogen) atoms. The van der Waals surface area contributed by atoms with E-state index in [2.05, 4.69) is 10.6 Å². The summed E-state index contributed by atoms with van der Waals surface area (Å²) < 4.78 is 5.02. The molecule has 2 unspecified atom stereocenters. The molecule has 1 heterocycles. The average Bonchev–Trinajstić information content (AvgIpc) is 2.77. The molecule has 0 saturated heterocycles. The number of nitrogens with one attached hydrogen (secondary N) is 2. The molecule has 0 aromatic carbocycles. The first kappa shape index (κ1) is 11.7. The van der Waals surface area contributed by atoms with Crippen LogP contribution in [0.25, 0.3) is 0 Å². The van der Waals surface area contributed by atoms with Gasteiger partial charge in [-0.05, 0) is 19.1 Å². The standard InChI is InChI=1S/C10H16N2O3/c1-7(10(14)11-2)12-6-8(13)9-4-3-5-15-9/h3-5,7-8,12-13H,6H2,1-2H3,(H,11,14). The van der Waals surface area contributed by atoms with Crippen LogP contribution in [0.3, 0.4) is 0 Å². The van der Waals surface area contributed by atoms with E-state index in [-0.39, 0.29) is 18.5 Å². The summed E-state index contributed by atoms with van der Waals surface area (Å²) in [6.07, 6.45) is 0.771. The highest BCUT2D eigenvalue weighted by atomic mass is 16.4. The fourth-order valence-electron chi connectivity index (χ4n) is 1.18. The minimum atomic E-state index is -0.730. The van der Waals surface area contributed by atoms with Crippen LogP contribution in [0, 0.1) is 0 Å². The third-order valence-corrected chi connectivity index (χ3v) is 2.13. The van der Waals surface area contributed by atoms with Gasteiger partial charge in [-0.2, -0.15) is 0 Å². The zero-order chi connectivity index (χ0) is 11.3. The van der Waals surface area contributed by atoms with Gasteiger partial charge in [-0.1, -0.05) is 0 Å². The van der Waals surface area contributed by atoms with Gasteiger partial charge in [-0.3, -0.25) is 4.79 Å². The summed E-state index contributed by atoms with van der Waals surface area (Å²) in [5.41, 5.74) is 0. The van der Waals surface area contributed by atoms with Gasteiger partial charge in [0, 0.05) is 13.6 Å². The molecular weight excluding hydrogens is 196 g/mol. The van der Waals surface area contributed by atoms with Gasteiger partial charge in [-0.15, -0.1) is 0 Å². The molecular formula is C10H16N2O3. The highest BCUT2D eigenvalue weighted by Gasteiger charge is 2.14. The maximum absolute atomic E-state index is 11.1. The van der Waals surface area contributed by atoms with Gasteiger partial charge < -0.3 is 20.2 Å². The first-order chi connectivity index (χ1) is 7.15. The molecule has 84 valence electrons. The molecule has 0 aliphatic rings. The zero-order valence-corrected chi connectivity index (χ0v) is 8.86. The van der Waals surface area contributed by atoms with E-state index in [0.29, 0.717) is 5.76 Å². The van der Waals surface area contributed by atoms with Crippen molar-refractivity contribution in [2.75, 3.05) is 13.6 Å². The van der Waals surface area contributed by atoms with Crippen molar-refractivity contribution < 1.29 is 14.3 Å². The Morgan fingerprint density at radius 3 is 2.93 bits per heavy atom. The smallest absolute Gasteiger partial charge is 0.236 e. The van der Waals surface area contributed by atoms with Crippen molar-refractivity contribution in [1.82, 2.24) is 10.6 Å². The maximum Gasteiger partial charge on any atom is 0.236 e. The van der Waals surface area contributed by atoms with E-state index < -0.39 is 6.10 Å². The van der Waals surface area contributed by atoms with Crippen molar-refractivity contribution in [1.29, 1.82) is 0 Å². The summed E-state index contributed by atoms with van der Waals surface area (Å²) >= 11 is 0. The summed E-state index contributed by atoms with van der Waals surface area (Å²) in [5.74, 6) is 0.383. The molecule has 1 rings (SSSR count). The first-order valence-corrected chi connectivity index (χ1v) is 4.81. The van der Waals surface area contributed by atoms with E-state index in [9.17, 15) is 9.90 Å². The van der Waals surface area contributed by atoms with E-state index in [1.807, 2.05) is 0 Å². The van der Waals surface area contributed by atoms with E-state index in [4.69, 9.17) is 4.42 Å². The highest BCUT2D eigenvalue weighted by Crippen LogP contribution is 2.11. The summed E-state index contributed by atoms with van der Waals surface area (Å²) in [6, 6.07) is 3.07. The molecule has 3 N–H and O–H groups in total. The van der Waals surface area contributed by atoms with Crippen molar-refractivity contribution in [2.24, 2.45) is 0 Å². The van der Waals surface area contributed by atoms with Crippen molar-refractivity contribution in [2.45, 2.75) is 19.1 Å². The number of carbonyl (C=O) groups excluding carboxylic acids is 1. The Bertz CT molecular complexity index is 298. The summed E-state index contributed by atoms with van der Waals surface area (Å²) in [6.45, 7) is 2.01.